The summed E-state index contributed by atoms with van der Waals surface area (Å²) in [6.45, 7) is 0. The summed E-state index contributed by atoms with van der Waals surface area (Å²) >= 11 is 0. The van der Waals surface area contributed by atoms with Gasteiger partial charge in [-0.2, -0.15) is 0 Å². The number of fused-ring (bicyclic) bond motifs is 1. The number of aromatic hydroxyl groups is 1. The maximum Gasteiger partial charge on any atom is 0.221 e. The van der Waals surface area contributed by atoms with Crippen molar-refractivity contribution in [2.24, 2.45) is 0 Å². The zero-order valence-electron chi connectivity index (χ0n) is 9.34. The molecule has 0 aliphatic carbocycles. The highest BCUT2D eigenvalue weighted by Gasteiger charge is 2.04. The average Bonchev–Trinajstić information content (AvgIpc) is 2.40. The lowest BCUT2D eigenvalue weighted by Crippen LogP contribution is -1.85. The third-order valence-electron chi connectivity index (χ3n) is 2.79. The molecular formula is C14H9FN2O. The van der Waals surface area contributed by atoms with Gasteiger partial charge in [0.15, 0.2) is 0 Å². The minimum atomic E-state index is -0.272. The molecule has 0 atom stereocenters. The van der Waals surface area contributed by atoms with Crippen LogP contribution in [0.5, 0.6) is 5.88 Å². The fraction of sp³-hybridized carbons (Fsp3) is 0. The summed E-state index contributed by atoms with van der Waals surface area (Å²) in [5.41, 5.74) is 2.43. The van der Waals surface area contributed by atoms with Gasteiger partial charge in [-0.15, -0.1) is 0 Å². The van der Waals surface area contributed by atoms with E-state index in [0.717, 1.165) is 11.1 Å². The molecule has 1 heterocycles. The van der Waals surface area contributed by atoms with Gasteiger partial charge in [0, 0.05) is 0 Å². The standard InChI is InChI=1S/C14H9FN2O/c15-11-4-1-9(2-5-11)10-3-6-13-12(7-10)14(18)17-8-16-13/h1-8H,(H,16,17,18). The molecule has 18 heavy (non-hydrogen) atoms. The molecule has 2 aromatic carbocycles. The predicted octanol–water partition coefficient (Wildman–Crippen LogP) is 3.14. The van der Waals surface area contributed by atoms with Crippen LogP contribution in [0.15, 0.2) is 48.8 Å². The number of aromatic nitrogens is 2. The Morgan fingerprint density at radius 2 is 1.61 bits per heavy atom. The third-order valence-corrected chi connectivity index (χ3v) is 2.79. The van der Waals surface area contributed by atoms with Crippen molar-refractivity contribution in [3.63, 3.8) is 0 Å². The van der Waals surface area contributed by atoms with Crippen LogP contribution in [-0.4, -0.2) is 15.1 Å². The Labute approximate surface area is 103 Å². The monoisotopic (exact) mass is 240 g/mol. The molecule has 4 heteroatoms. The minimum Gasteiger partial charge on any atom is -0.493 e. The maximum atomic E-state index is 12.9. The van der Waals surface area contributed by atoms with Crippen LogP contribution in [0.3, 0.4) is 0 Å². The fourth-order valence-corrected chi connectivity index (χ4v) is 1.86. The first kappa shape index (κ1) is 10.7. The molecule has 3 nitrogen and oxygen atoms in total. The van der Waals surface area contributed by atoms with Crippen LogP contribution in [-0.2, 0) is 0 Å². The average molecular weight is 240 g/mol. The summed E-state index contributed by atoms with van der Waals surface area (Å²) in [6.07, 6.45) is 1.31. The van der Waals surface area contributed by atoms with E-state index >= 15 is 0 Å². The van der Waals surface area contributed by atoms with Crippen molar-refractivity contribution < 1.29 is 9.50 Å². The van der Waals surface area contributed by atoms with Crippen LogP contribution in [0.2, 0.25) is 0 Å². The summed E-state index contributed by atoms with van der Waals surface area (Å²) in [5, 5.41) is 10.3. The van der Waals surface area contributed by atoms with Crippen molar-refractivity contribution in [2.45, 2.75) is 0 Å². The lowest BCUT2D eigenvalue weighted by molar-refractivity contribution is 0.459. The van der Waals surface area contributed by atoms with E-state index in [4.69, 9.17) is 0 Å². The Balaban J connectivity index is 2.18. The molecule has 0 amide bonds. The Morgan fingerprint density at radius 1 is 0.889 bits per heavy atom. The molecule has 0 radical (unpaired) electrons. The molecular weight excluding hydrogens is 231 g/mol. The molecule has 1 N–H and O–H groups in total. The van der Waals surface area contributed by atoms with Gasteiger partial charge in [0.05, 0.1) is 10.9 Å². The van der Waals surface area contributed by atoms with Crippen molar-refractivity contribution in [3.05, 3.63) is 54.6 Å². The third kappa shape index (κ3) is 1.78. The number of halogens is 1. The first-order chi connectivity index (χ1) is 8.74. The fourth-order valence-electron chi connectivity index (χ4n) is 1.86. The quantitative estimate of drug-likeness (QED) is 0.710. The van der Waals surface area contributed by atoms with E-state index in [1.807, 2.05) is 6.07 Å². The highest BCUT2D eigenvalue weighted by Crippen LogP contribution is 2.27. The van der Waals surface area contributed by atoms with Crippen LogP contribution < -0.4 is 0 Å². The normalized spacial score (nSPS) is 10.7. The Bertz CT molecular complexity index is 711. The molecule has 0 aliphatic rings. The molecule has 0 spiro atoms. The summed E-state index contributed by atoms with van der Waals surface area (Å²) in [5.74, 6) is -0.324. The van der Waals surface area contributed by atoms with E-state index in [9.17, 15) is 9.50 Å². The number of nitrogens with zero attached hydrogens (tertiary/aromatic N) is 2. The van der Waals surface area contributed by atoms with E-state index in [2.05, 4.69) is 9.97 Å². The molecule has 3 aromatic rings. The topological polar surface area (TPSA) is 46.0 Å². The molecule has 0 saturated carbocycles. The van der Waals surface area contributed by atoms with E-state index in [1.54, 1.807) is 24.3 Å². The number of hydrogen-bond acceptors (Lipinski definition) is 3. The van der Waals surface area contributed by atoms with Gasteiger partial charge in [-0.25, -0.2) is 14.4 Å². The molecule has 0 bridgehead atoms. The van der Waals surface area contributed by atoms with Gasteiger partial charge in [0.1, 0.15) is 12.1 Å². The van der Waals surface area contributed by atoms with Gasteiger partial charge in [0.25, 0.3) is 0 Å². The SMILES string of the molecule is Oc1ncnc2ccc(-c3ccc(F)cc3)cc12. The van der Waals surface area contributed by atoms with Gasteiger partial charge in [0.2, 0.25) is 5.88 Å². The maximum absolute atomic E-state index is 12.9. The van der Waals surface area contributed by atoms with E-state index in [-0.39, 0.29) is 11.7 Å². The number of benzene rings is 2. The Kier molecular flexibility index (Phi) is 2.41. The highest BCUT2D eigenvalue weighted by atomic mass is 19.1. The van der Waals surface area contributed by atoms with Gasteiger partial charge in [-0.3, -0.25) is 0 Å². The predicted molar refractivity (Wildman–Crippen MR) is 66.6 cm³/mol. The van der Waals surface area contributed by atoms with Gasteiger partial charge in [-0.05, 0) is 35.4 Å². The summed E-state index contributed by atoms with van der Waals surface area (Å²) in [6, 6.07) is 11.7. The first-order valence-corrected chi connectivity index (χ1v) is 5.44. The lowest BCUT2D eigenvalue weighted by Gasteiger charge is -2.04. The van der Waals surface area contributed by atoms with Crippen molar-refractivity contribution in [3.8, 4) is 17.0 Å². The van der Waals surface area contributed by atoms with Crippen molar-refractivity contribution in [1.29, 1.82) is 0 Å². The summed E-state index contributed by atoms with van der Waals surface area (Å²) in [7, 11) is 0. The summed E-state index contributed by atoms with van der Waals surface area (Å²) < 4.78 is 12.9. The molecule has 0 saturated heterocycles. The van der Waals surface area contributed by atoms with Gasteiger partial charge >= 0.3 is 0 Å². The Hall–Kier alpha value is -2.49. The highest BCUT2D eigenvalue weighted by molar-refractivity contribution is 5.87. The van der Waals surface area contributed by atoms with E-state index in [1.165, 1.54) is 18.5 Å². The van der Waals surface area contributed by atoms with E-state index < -0.39 is 0 Å². The first-order valence-electron chi connectivity index (χ1n) is 5.44. The van der Waals surface area contributed by atoms with Crippen LogP contribution in [0.25, 0.3) is 22.0 Å². The van der Waals surface area contributed by atoms with Crippen LogP contribution in [0.1, 0.15) is 0 Å². The van der Waals surface area contributed by atoms with E-state index in [0.29, 0.717) is 10.9 Å². The minimum absolute atomic E-state index is 0.0519. The lowest BCUT2D eigenvalue weighted by atomic mass is 10.0. The largest absolute Gasteiger partial charge is 0.493 e. The number of hydrogen-bond donors (Lipinski definition) is 1. The second-order valence-electron chi connectivity index (χ2n) is 3.94. The molecule has 0 aliphatic heterocycles. The molecule has 1 aromatic heterocycles. The zero-order valence-corrected chi connectivity index (χ0v) is 9.34. The molecule has 0 unspecified atom stereocenters. The Morgan fingerprint density at radius 3 is 2.39 bits per heavy atom. The second kappa shape index (κ2) is 4.07. The van der Waals surface area contributed by atoms with Crippen LogP contribution >= 0.6 is 0 Å². The van der Waals surface area contributed by atoms with Crippen LogP contribution in [0, 0.1) is 5.82 Å². The molecule has 0 fully saturated rings. The number of rotatable bonds is 1. The molecule has 3 rings (SSSR count). The van der Waals surface area contributed by atoms with Crippen molar-refractivity contribution in [1.82, 2.24) is 9.97 Å². The smallest absolute Gasteiger partial charge is 0.221 e. The van der Waals surface area contributed by atoms with Crippen molar-refractivity contribution in [2.75, 3.05) is 0 Å². The van der Waals surface area contributed by atoms with Crippen molar-refractivity contribution >= 4 is 10.9 Å². The second-order valence-corrected chi connectivity index (χ2v) is 3.94. The summed E-state index contributed by atoms with van der Waals surface area (Å²) in [4.78, 5) is 7.80. The van der Waals surface area contributed by atoms with Gasteiger partial charge < -0.3 is 5.11 Å². The molecule has 88 valence electrons. The van der Waals surface area contributed by atoms with Crippen LogP contribution in [0.4, 0.5) is 4.39 Å². The van der Waals surface area contributed by atoms with Gasteiger partial charge in [-0.1, -0.05) is 18.2 Å². The zero-order chi connectivity index (χ0) is 12.5.